The van der Waals surface area contributed by atoms with Crippen LogP contribution in [0.1, 0.15) is 66.1 Å². The van der Waals surface area contributed by atoms with E-state index in [1.165, 1.54) is 17.0 Å². The molecule has 254 valence electrons. The van der Waals surface area contributed by atoms with Crippen LogP contribution >= 0.6 is 0 Å². The number of aromatic nitrogens is 1. The van der Waals surface area contributed by atoms with Gasteiger partial charge in [0.05, 0.1) is 24.1 Å². The molecule has 0 saturated carbocycles. The first-order valence-electron chi connectivity index (χ1n) is 16.0. The highest BCUT2D eigenvalue weighted by Gasteiger charge is 2.42. The van der Waals surface area contributed by atoms with Gasteiger partial charge in [-0.2, -0.15) is 0 Å². The molecule has 0 spiro atoms. The molecule has 46 heavy (non-hydrogen) atoms. The maximum atomic E-state index is 13.8. The summed E-state index contributed by atoms with van der Waals surface area (Å²) in [5.74, 6) is -0.255. The number of hydrogen-bond donors (Lipinski definition) is 3. The molecular formula is C33H50N4O8Si. The Morgan fingerprint density at radius 2 is 1.65 bits per heavy atom. The molecule has 13 heteroatoms. The van der Waals surface area contributed by atoms with Crippen LogP contribution in [-0.2, 0) is 14.0 Å². The Morgan fingerprint density at radius 3 is 2.22 bits per heavy atom. The van der Waals surface area contributed by atoms with Crippen LogP contribution in [0.3, 0.4) is 0 Å². The van der Waals surface area contributed by atoms with Crippen LogP contribution in [-0.4, -0.2) is 101 Å². The van der Waals surface area contributed by atoms with Crippen molar-refractivity contribution in [2.24, 2.45) is 11.8 Å². The van der Waals surface area contributed by atoms with Crippen molar-refractivity contribution in [3.8, 4) is 5.75 Å². The number of carboxylic acid groups (broad SMARTS) is 1. The number of fused-ring (bicyclic) bond motifs is 1. The lowest BCUT2D eigenvalue weighted by Gasteiger charge is -2.42. The van der Waals surface area contributed by atoms with Gasteiger partial charge in [-0.1, -0.05) is 26.8 Å². The van der Waals surface area contributed by atoms with Gasteiger partial charge in [0.15, 0.2) is 8.32 Å². The molecular weight excluding hydrogens is 608 g/mol. The van der Waals surface area contributed by atoms with Crippen LogP contribution in [0.4, 0.5) is 9.59 Å². The van der Waals surface area contributed by atoms with Gasteiger partial charge in [0, 0.05) is 44.2 Å². The number of likely N-dealkylation sites (tertiary alicyclic amines) is 2. The Morgan fingerprint density at radius 1 is 1.02 bits per heavy atom. The molecule has 0 bridgehead atoms. The second kappa shape index (κ2) is 13.3. The number of pyridine rings is 1. The molecule has 2 fully saturated rings. The van der Waals surface area contributed by atoms with E-state index >= 15 is 0 Å². The van der Waals surface area contributed by atoms with Crippen LogP contribution in [0, 0.1) is 11.8 Å². The smallest absolute Gasteiger partial charge is 0.410 e. The van der Waals surface area contributed by atoms with Gasteiger partial charge in [-0.3, -0.25) is 9.59 Å². The van der Waals surface area contributed by atoms with Gasteiger partial charge in [-0.25, -0.2) is 9.59 Å². The first kappa shape index (κ1) is 35.3. The number of ether oxygens (including phenoxy) is 1. The van der Waals surface area contributed by atoms with Crippen LogP contribution in [0.5, 0.6) is 5.75 Å². The molecule has 0 radical (unpaired) electrons. The fourth-order valence-corrected chi connectivity index (χ4v) is 6.98. The molecule has 1 atom stereocenters. The standard InChI is InChI=1S/C33H50N4O8Si/c1-32(2,3)44-31(43)37(17-21-13-15-35(16-14-21)29(40)22-18-36(19-22)30(41)42)20-26(45-46(7,8)33(4,5)6)23-9-11-25(38)28-24(23)10-12-27(39)34-28/h9-12,21-22,26,38H,13-20H2,1-8H3,(H,34,39)(H,41,42). The summed E-state index contributed by atoms with van der Waals surface area (Å²) < 4.78 is 12.9. The highest BCUT2D eigenvalue weighted by Crippen LogP contribution is 2.42. The predicted molar refractivity (Wildman–Crippen MR) is 177 cm³/mol. The van der Waals surface area contributed by atoms with Gasteiger partial charge in [0.2, 0.25) is 11.5 Å². The number of carbonyl (C=O) groups is 3. The number of nitrogens with one attached hydrogen (secondary N) is 1. The Bertz CT molecular complexity index is 1500. The Labute approximate surface area is 271 Å². The number of hydrogen-bond acceptors (Lipinski definition) is 7. The number of amides is 3. The zero-order chi connectivity index (χ0) is 34.2. The van der Waals surface area contributed by atoms with E-state index in [0.717, 1.165) is 5.56 Å². The number of benzene rings is 1. The molecule has 1 aromatic carbocycles. The lowest BCUT2D eigenvalue weighted by Crippen LogP contribution is -2.57. The fraction of sp³-hybridized carbons (Fsp3) is 0.636. The maximum Gasteiger partial charge on any atom is 0.410 e. The van der Waals surface area contributed by atoms with E-state index in [2.05, 4.69) is 38.8 Å². The minimum absolute atomic E-state index is 0.0139. The van der Waals surface area contributed by atoms with E-state index < -0.39 is 32.2 Å². The van der Waals surface area contributed by atoms with Gasteiger partial charge in [0.25, 0.3) is 0 Å². The van der Waals surface area contributed by atoms with Crippen molar-refractivity contribution in [3.63, 3.8) is 0 Å². The molecule has 3 N–H and O–H groups in total. The van der Waals surface area contributed by atoms with Gasteiger partial charge < -0.3 is 39.1 Å². The van der Waals surface area contributed by atoms with Crippen molar-refractivity contribution in [2.45, 2.75) is 84.2 Å². The molecule has 2 aliphatic rings. The number of piperidine rings is 1. The third kappa shape index (κ3) is 8.22. The summed E-state index contributed by atoms with van der Waals surface area (Å²) >= 11 is 0. The van der Waals surface area contributed by atoms with E-state index in [1.54, 1.807) is 17.0 Å². The molecule has 4 rings (SSSR count). The summed E-state index contributed by atoms with van der Waals surface area (Å²) in [5.41, 5.74) is 0.00280. The second-order valence-electron chi connectivity index (χ2n) is 15.2. The van der Waals surface area contributed by atoms with Crippen molar-refractivity contribution in [2.75, 3.05) is 39.3 Å². The van der Waals surface area contributed by atoms with Crippen molar-refractivity contribution in [1.29, 1.82) is 0 Å². The molecule has 2 aromatic rings. The van der Waals surface area contributed by atoms with E-state index in [1.807, 2.05) is 25.7 Å². The monoisotopic (exact) mass is 658 g/mol. The SMILES string of the molecule is CC(C)(C)OC(=O)N(CC1CCN(C(=O)C2CN(C(=O)O)C2)CC1)CC(O[Si](C)(C)C(C)(C)C)c1ccc(O)c2[nH]c(=O)ccc12. The summed E-state index contributed by atoms with van der Waals surface area (Å²) in [5, 5.41) is 20.2. The average Bonchev–Trinajstić information content (AvgIpc) is 2.90. The van der Waals surface area contributed by atoms with Crippen molar-refractivity contribution < 1.29 is 33.8 Å². The predicted octanol–water partition coefficient (Wildman–Crippen LogP) is 5.38. The first-order chi connectivity index (χ1) is 21.3. The molecule has 12 nitrogen and oxygen atoms in total. The number of phenols is 1. The van der Waals surface area contributed by atoms with Crippen LogP contribution in [0.25, 0.3) is 10.9 Å². The Hall–Kier alpha value is -3.58. The van der Waals surface area contributed by atoms with Gasteiger partial charge in [-0.05, 0) is 75.4 Å². The van der Waals surface area contributed by atoms with Crippen molar-refractivity contribution in [1.82, 2.24) is 19.7 Å². The van der Waals surface area contributed by atoms with Gasteiger partial charge >= 0.3 is 12.2 Å². The summed E-state index contributed by atoms with van der Waals surface area (Å²) in [6, 6.07) is 6.42. The fourth-order valence-electron chi connectivity index (χ4n) is 5.72. The topological polar surface area (TPSA) is 153 Å². The normalized spacial score (nSPS) is 17.5. The molecule has 1 aromatic heterocycles. The van der Waals surface area contributed by atoms with E-state index in [4.69, 9.17) is 14.3 Å². The van der Waals surface area contributed by atoms with Gasteiger partial charge in [0.1, 0.15) is 11.4 Å². The van der Waals surface area contributed by atoms with Gasteiger partial charge in [-0.15, -0.1) is 0 Å². The molecule has 3 amide bonds. The highest BCUT2D eigenvalue weighted by atomic mass is 28.4. The van der Waals surface area contributed by atoms with Crippen LogP contribution < -0.4 is 5.56 Å². The quantitative estimate of drug-likeness (QED) is 0.320. The van der Waals surface area contributed by atoms with Crippen LogP contribution in [0.2, 0.25) is 18.1 Å². The molecule has 0 aliphatic carbocycles. The summed E-state index contributed by atoms with van der Waals surface area (Å²) in [4.78, 5) is 57.5. The van der Waals surface area contributed by atoms with Crippen LogP contribution in [0.15, 0.2) is 29.1 Å². The number of H-pyrrole nitrogens is 1. The number of carbonyl (C=O) groups excluding carboxylic acids is 2. The number of nitrogens with zero attached hydrogens (tertiary/aromatic N) is 3. The number of phenolic OH excluding ortho intramolecular Hbond substituents is 1. The molecule has 1 unspecified atom stereocenters. The third-order valence-corrected chi connectivity index (χ3v) is 13.9. The number of rotatable bonds is 8. The third-order valence-electron chi connectivity index (χ3n) is 9.44. The first-order valence-corrected chi connectivity index (χ1v) is 18.9. The van der Waals surface area contributed by atoms with E-state index in [9.17, 15) is 24.3 Å². The lowest BCUT2D eigenvalue weighted by atomic mass is 9.93. The summed E-state index contributed by atoms with van der Waals surface area (Å²) in [6.07, 6.45) is -0.668. The average molecular weight is 659 g/mol. The highest BCUT2D eigenvalue weighted by molar-refractivity contribution is 6.74. The minimum Gasteiger partial charge on any atom is -0.506 e. The van der Waals surface area contributed by atoms with E-state index in [-0.39, 0.29) is 53.7 Å². The van der Waals surface area contributed by atoms with Crippen molar-refractivity contribution in [3.05, 3.63) is 40.2 Å². The zero-order valence-electron chi connectivity index (χ0n) is 28.4. The largest absolute Gasteiger partial charge is 0.506 e. The van der Waals surface area contributed by atoms with E-state index in [0.29, 0.717) is 43.4 Å². The molecule has 3 heterocycles. The zero-order valence-corrected chi connectivity index (χ0v) is 29.4. The second-order valence-corrected chi connectivity index (χ2v) is 19.9. The number of aromatic amines is 1. The number of aromatic hydroxyl groups is 1. The Kier molecular flexibility index (Phi) is 10.2. The molecule has 2 saturated heterocycles. The minimum atomic E-state index is -2.40. The maximum absolute atomic E-state index is 13.8. The Balaban J connectivity index is 1.60. The summed E-state index contributed by atoms with van der Waals surface area (Å²) in [6.45, 7) is 18.3. The molecule has 2 aliphatic heterocycles. The van der Waals surface area contributed by atoms with Crippen molar-refractivity contribution >= 4 is 37.3 Å². The summed E-state index contributed by atoms with van der Waals surface area (Å²) in [7, 11) is -2.40. The lowest BCUT2D eigenvalue weighted by molar-refractivity contribution is -0.141.